The molecule has 0 heterocycles. The van der Waals surface area contributed by atoms with E-state index < -0.39 is 20.7 Å². The van der Waals surface area contributed by atoms with Crippen LogP contribution in [-0.4, -0.2) is 37.5 Å². The molecule has 4 nitrogen and oxygen atoms in total. The van der Waals surface area contributed by atoms with Crippen molar-refractivity contribution < 1.29 is 17.9 Å². The van der Waals surface area contributed by atoms with Crippen LogP contribution in [0.2, 0.25) is 5.02 Å². The number of sulfonamides is 1. The quantitative estimate of drug-likeness (QED) is 0.889. The Labute approximate surface area is 105 Å². The molecule has 0 spiro atoms. The molecular formula is C10H13ClFNO3S. The molecule has 0 aliphatic heterocycles. The molecule has 0 aliphatic carbocycles. The van der Waals surface area contributed by atoms with E-state index in [9.17, 15) is 12.8 Å². The van der Waals surface area contributed by atoms with Crippen molar-refractivity contribution in [2.24, 2.45) is 0 Å². The molecule has 17 heavy (non-hydrogen) atoms. The Bertz CT molecular complexity index is 492. The van der Waals surface area contributed by atoms with Gasteiger partial charge in [-0.2, -0.15) is 4.31 Å². The van der Waals surface area contributed by atoms with Crippen LogP contribution in [0.15, 0.2) is 23.1 Å². The van der Waals surface area contributed by atoms with Gasteiger partial charge in [-0.3, -0.25) is 0 Å². The lowest BCUT2D eigenvalue weighted by Gasteiger charge is -2.19. The van der Waals surface area contributed by atoms with Crippen molar-refractivity contribution in [3.63, 3.8) is 0 Å². The van der Waals surface area contributed by atoms with Crippen molar-refractivity contribution in [3.8, 4) is 0 Å². The normalized spacial score (nSPS) is 12.1. The monoisotopic (exact) mass is 281 g/mol. The second kappa shape index (κ2) is 5.77. The summed E-state index contributed by atoms with van der Waals surface area (Å²) in [6.07, 6.45) is 0. The number of likely N-dealkylation sites (N-methyl/N-ethyl adjacent to an activating group) is 1. The number of benzene rings is 1. The fourth-order valence-corrected chi connectivity index (χ4v) is 3.14. The van der Waals surface area contributed by atoms with Crippen LogP contribution >= 0.6 is 11.6 Å². The van der Waals surface area contributed by atoms with E-state index in [0.29, 0.717) is 0 Å². The maximum Gasteiger partial charge on any atom is 0.246 e. The van der Waals surface area contributed by atoms with Gasteiger partial charge in [0.15, 0.2) is 5.82 Å². The fraction of sp³-hybridized carbons (Fsp3) is 0.400. The lowest BCUT2D eigenvalue weighted by molar-refractivity contribution is 0.256. The highest BCUT2D eigenvalue weighted by Gasteiger charge is 2.26. The number of hydrogen-bond acceptors (Lipinski definition) is 3. The van der Waals surface area contributed by atoms with Crippen molar-refractivity contribution in [2.75, 3.05) is 19.7 Å². The van der Waals surface area contributed by atoms with Crippen LogP contribution in [0, 0.1) is 5.82 Å². The average Bonchev–Trinajstić information content (AvgIpc) is 2.29. The zero-order chi connectivity index (χ0) is 13.1. The van der Waals surface area contributed by atoms with Crippen LogP contribution in [0.4, 0.5) is 4.39 Å². The van der Waals surface area contributed by atoms with Gasteiger partial charge in [0.1, 0.15) is 4.90 Å². The van der Waals surface area contributed by atoms with Crippen LogP contribution < -0.4 is 0 Å². The molecule has 0 fully saturated rings. The Morgan fingerprint density at radius 2 is 2.12 bits per heavy atom. The minimum absolute atomic E-state index is 0.0786. The maximum atomic E-state index is 13.6. The Kier molecular flexibility index (Phi) is 4.88. The Balaban J connectivity index is 3.25. The van der Waals surface area contributed by atoms with Crippen molar-refractivity contribution in [3.05, 3.63) is 29.0 Å². The number of halogens is 2. The SMILES string of the molecule is CCN(CCO)S(=O)(=O)c1cccc(Cl)c1F. The van der Waals surface area contributed by atoms with Crippen LogP contribution in [0.3, 0.4) is 0 Å². The minimum atomic E-state index is -3.95. The lowest BCUT2D eigenvalue weighted by Crippen LogP contribution is -2.33. The van der Waals surface area contributed by atoms with Gasteiger partial charge in [0.25, 0.3) is 0 Å². The van der Waals surface area contributed by atoms with Crippen LogP contribution in [0.5, 0.6) is 0 Å². The number of nitrogens with zero attached hydrogens (tertiary/aromatic N) is 1. The third-order valence-corrected chi connectivity index (χ3v) is 4.52. The molecule has 0 atom stereocenters. The molecule has 0 saturated heterocycles. The average molecular weight is 282 g/mol. The molecule has 1 aromatic carbocycles. The summed E-state index contributed by atoms with van der Waals surface area (Å²) in [5.74, 6) is -0.967. The van der Waals surface area contributed by atoms with Crippen molar-refractivity contribution >= 4 is 21.6 Å². The van der Waals surface area contributed by atoms with Crippen LogP contribution in [-0.2, 0) is 10.0 Å². The molecule has 1 N–H and O–H groups in total. The molecule has 0 aliphatic rings. The molecule has 96 valence electrons. The molecule has 1 rings (SSSR count). The highest BCUT2D eigenvalue weighted by atomic mass is 35.5. The molecule has 1 aromatic rings. The Morgan fingerprint density at radius 1 is 1.47 bits per heavy atom. The lowest BCUT2D eigenvalue weighted by atomic mass is 10.3. The van der Waals surface area contributed by atoms with Gasteiger partial charge in [-0.15, -0.1) is 0 Å². The molecule has 0 saturated carbocycles. The van der Waals surface area contributed by atoms with Crippen molar-refractivity contribution in [1.82, 2.24) is 4.31 Å². The summed E-state index contributed by atoms with van der Waals surface area (Å²) in [6, 6.07) is 3.79. The van der Waals surface area contributed by atoms with E-state index in [1.54, 1.807) is 6.92 Å². The van der Waals surface area contributed by atoms with E-state index in [-0.39, 0.29) is 24.7 Å². The fourth-order valence-electron chi connectivity index (χ4n) is 1.38. The number of hydrogen-bond donors (Lipinski definition) is 1. The van der Waals surface area contributed by atoms with E-state index in [1.807, 2.05) is 0 Å². The standard InChI is InChI=1S/C10H13ClFNO3S/c1-2-13(6-7-14)17(15,16)9-5-3-4-8(11)10(9)12/h3-5,14H,2,6-7H2,1H3. The summed E-state index contributed by atoms with van der Waals surface area (Å²) in [6.45, 7) is 1.35. The van der Waals surface area contributed by atoms with Gasteiger partial charge in [0, 0.05) is 13.1 Å². The van der Waals surface area contributed by atoms with Crippen LogP contribution in [0.1, 0.15) is 6.92 Å². The highest BCUT2D eigenvalue weighted by molar-refractivity contribution is 7.89. The minimum Gasteiger partial charge on any atom is -0.395 e. The first-order valence-electron chi connectivity index (χ1n) is 5.00. The predicted octanol–water partition coefficient (Wildman–Crippen LogP) is 1.48. The van der Waals surface area contributed by atoms with Gasteiger partial charge < -0.3 is 5.11 Å². The topological polar surface area (TPSA) is 57.6 Å². The summed E-state index contributed by atoms with van der Waals surface area (Å²) in [5.41, 5.74) is 0. The van der Waals surface area contributed by atoms with E-state index in [4.69, 9.17) is 16.7 Å². The number of aliphatic hydroxyl groups is 1. The van der Waals surface area contributed by atoms with E-state index in [1.165, 1.54) is 12.1 Å². The van der Waals surface area contributed by atoms with Crippen molar-refractivity contribution in [2.45, 2.75) is 11.8 Å². The van der Waals surface area contributed by atoms with E-state index in [0.717, 1.165) is 10.4 Å². The summed E-state index contributed by atoms with van der Waals surface area (Å²) in [5, 5.41) is 8.53. The summed E-state index contributed by atoms with van der Waals surface area (Å²) in [4.78, 5) is -0.472. The molecule has 0 amide bonds. The van der Waals surface area contributed by atoms with Crippen molar-refractivity contribution in [1.29, 1.82) is 0 Å². The molecule has 0 bridgehead atoms. The van der Waals surface area contributed by atoms with Gasteiger partial charge in [-0.1, -0.05) is 24.6 Å². The smallest absolute Gasteiger partial charge is 0.246 e. The largest absolute Gasteiger partial charge is 0.395 e. The summed E-state index contributed by atoms with van der Waals surface area (Å²) in [7, 11) is -3.95. The van der Waals surface area contributed by atoms with Gasteiger partial charge >= 0.3 is 0 Å². The molecule has 0 unspecified atom stereocenters. The van der Waals surface area contributed by atoms with E-state index in [2.05, 4.69) is 0 Å². The molecule has 0 radical (unpaired) electrons. The second-order valence-electron chi connectivity index (χ2n) is 3.27. The number of aliphatic hydroxyl groups excluding tert-OH is 1. The van der Waals surface area contributed by atoms with Gasteiger partial charge in [0.05, 0.1) is 11.6 Å². The highest BCUT2D eigenvalue weighted by Crippen LogP contribution is 2.24. The molecule has 7 heteroatoms. The molecular weight excluding hydrogens is 269 g/mol. The first kappa shape index (κ1) is 14.4. The first-order valence-corrected chi connectivity index (χ1v) is 6.82. The van der Waals surface area contributed by atoms with E-state index >= 15 is 0 Å². The summed E-state index contributed by atoms with van der Waals surface area (Å²) < 4.78 is 38.7. The zero-order valence-corrected chi connectivity index (χ0v) is 10.8. The van der Waals surface area contributed by atoms with Crippen LogP contribution in [0.25, 0.3) is 0 Å². The number of rotatable bonds is 5. The Hall–Kier alpha value is -0.690. The van der Waals surface area contributed by atoms with Gasteiger partial charge in [-0.25, -0.2) is 12.8 Å². The predicted molar refractivity (Wildman–Crippen MR) is 62.9 cm³/mol. The Morgan fingerprint density at radius 3 is 2.65 bits per heavy atom. The zero-order valence-electron chi connectivity index (χ0n) is 9.23. The third kappa shape index (κ3) is 2.95. The first-order chi connectivity index (χ1) is 7.95. The van der Waals surface area contributed by atoms with Gasteiger partial charge in [0.2, 0.25) is 10.0 Å². The maximum absolute atomic E-state index is 13.6. The third-order valence-electron chi connectivity index (χ3n) is 2.24. The second-order valence-corrected chi connectivity index (χ2v) is 5.59. The van der Waals surface area contributed by atoms with Gasteiger partial charge in [-0.05, 0) is 12.1 Å². The molecule has 0 aromatic heterocycles. The summed E-state index contributed by atoms with van der Waals surface area (Å²) >= 11 is 5.54.